The lowest BCUT2D eigenvalue weighted by atomic mass is 10.1. The van der Waals surface area contributed by atoms with E-state index in [1.165, 1.54) is 0 Å². The largest absolute Gasteiger partial charge is 0.324 e. The molecule has 0 fully saturated rings. The molecular weight excluding hydrogens is 156 g/mol. The quantitative estimate of drug-likeness (QED) is 0.685. The fraction of sp³-hybridized carbons (Fsp3) is 0.375. The fourth-order valence-electron chi connectivity index (χ4n) is 0.820. The SMILES string of the molecule is CSc1cc([C@@H](C)N)ccn1. The molecule has 1 heterocycles. The molecule has 0 aliphatic heterocycles. The summed E-state index contributed by atoms with van der Waals surface area (Å²) in [5, 5.41) is 1.03. The zero-order valence-corrected chi connectivity index (χ0v) is 7.56. The molecule has 0 saturated carbocycles. The second-order valence-electron chi connectivity index (χ2n) is 2.42. The Morgan fingerprint density at radius 2 is 2.36 bits per heavy atom. The predicted molar refractivity (Wildman–Crippen MR) is 48.6 cm³/mol. The van der Waals surface area contributed by atoms with E-state index in [1.807, 2.05) is 25.3 Å². The number of hydrogen-bond donors (Lipinski definition) is 1. The first-order chi connectivity index (χ1) is 5.24. The lowest BCUT2D eigenvalue weighted by Gasteiger charge is -2.05. The summed E-state index contributed by atoms with van der Waals surface area (Å²) in [6, 6.07) is 4.07. The average molecular weight is 168 g/mol. The van der Waals surface area contributed by atoms with Gasteiger partial charge in [0.15, 0.2) is 0 Å². The molecule has 1 atom stereocenters. The Labute approximate surface area is 71.2 Å². The van der Waals surface area contributed by atoms with Gasteiger partial charge in [0, 0.05) is 12.2 Å². The highest BCUT2D eigenvalue weighted by molar-refractivity contribution is 7.98. The molecule has 2 N–H and O–H groups in total. The topological polar surface area (TPSA) is 38.9 Å². The van der Waals surface area contributed by atoms with E-state index in [4.69, 9.17) is 5.73 Å². The van der Waals surface area contributed by atoms with Crippen LogP contribution in [0.4, 0.5) is 0 Å². The van der Waals surface area contributed by atoms with Crippen molar-refractivity contribution < 1.29 is 0 Å². The van der Waals surface area contributed by atoms with Gasteiger partial charge in [-0.05, 0) is 30.9 Å². The Kier molecular flexibility index (Phi) is 2.91. The molecule has 0 aromatic carbocycles. The van der Waals surface area contributed by atoms with Gasteiger partial charge in [-0.15, -0.1) is 11.8 Å². The summed E-state index contributed by atoms with van der Waals surface area (Å²) in [6.07, 6.45) is 3.80. The summed E-state index contributed by atoms with van der Waals surface area (Å²) in [7, 11) is 0. The molecule has 1 aromatic rings. The first-order valence-corrected chi connectivity index (χ1v) is 4.72. The van der Waals surface area contributed by atoms with Crippen molar-refractivity contribution in [1.82, 2.24) is 4.98 Å². The third-order valence-electron chi connectivity index (χ3n) is 1.49. The summed E-state index contributed by atoms with van der Waals surface area (Å²) in [5.41, 5.74) is 6.84. The van der Waals surface area contributed by atoms with Crippen LogP contribution >= 0.6 is 11.8 Å². The van der Waals surface area contributed by atoms with Crippen molar-refractivity contribution in [2.24, 2.45) is 5.73 Å². The van der Waals surface area contributed by atoms with Gasteiger partial charge in [0.1, 0.15) is 0 Å². The molecule has 60 valence electrons. The standard InChI is InChI=1S/C8H12N2S/c1-6(9)7-3-4-10-8(5-7)11-2/h3-6H,9H2,1-2H3/t6-/m1/s1. The Hall–Kier alpha value is -0.540. The Bertz CT molecular complexity index is 235. The van der Waals surface area contributed by atoms with Crippen molar-refractivity contribution in [3.05, 3.63) is 23.9 Å². The number of hydrogen-bond acceptors (Lipinski definition) is 3. The number of aromatic nitrogens is 1. The van der Waals surface area contributed by atoms with Crippen LogP contribution in [0.15, 0.2) is 23.4 Å². The third-order valence-corrected chi connectivity index (χ3v) is 2.14. The predicted octanol–water partition coefficient (Wildman–Crippen LogP) is 1.82. The van der Waals surface area contributed by atoms with Crippen LogP contribution in [0.25, 0.3) is 0 Å². The molecule has 2 nitrogen and oxygen atoms in total. The molecule has 11 heavy (non-hydrogen) atoms. The zero-order valence-electron chi connectivity index (χ0n) is 6.74. The highest BCUT2D eigenvalue weighted by atomic mass is 32.2. The highest BCUT2D eigenvalue weighted by Crippen LogP contribution is 2.15. The van der Waals surface area contributed by atoms with Crippen LogP contribution in [-0.4, -0.2) is 11.2 Å². The van der Waals surface area contributed by atoms with Crippen LogP contribution in [0.2, 0.25) is 0 Å². The van der Waals surface area contributed by atoms with E-state index in [9.17, 15) is 0 Å². The molecule has 0 aliphatic rings. The smallest absolute Gasteiger partial charge is 0.0960 e. The lowest BCUT2D eigenvalue weighted by molar-refractivity contribution is 0.808. The molecule has 0 radical (unpaired) electrons. The Morgan fingerprint density at radius 1 is 1.64 bits per heavy atom. The summed E-state index contributed by atoms with van der Waals surface area (Å²) >= 11 is 1.63. The molecule has 0 amide bonds. The summed E-state index contributed by atoms with van der Waals surface area (Å²) in [6.45, 7) is 1.97. The van der Waals surface area contributed by atoms with Gasteiger partial charge in [0.05, 0.1) is 5.03 Å². The van der Waals surface area contributed by atoms with Crippen molar-refractivity contribution in [3.63, 3.8) is 0 Å². The van der Waals surface area contributed by atoms with E-state index in [0.29, 0.717) is 0 Å². The highest BCUT2D eigenvalue weighted by Gasteiger charge is 1.99. The van der Waals surface area contributed by atoms with E-state index < -0.39 is 0 Å². The maximum absolute atomic E-state index is 5.70. The molecule has 1 rings (SSSR count). The van der Waals surface area contributed by atoms with Crippen molar-refractivity contribution in [3.8, 4) is 0 Å². The van der Waals surface area contributed by atoms with Crippen molar-refractivity contribution in [2.75, 3.05) is 6.26 Å². The van der Waals surface area contributed by atoms with E-state index in [2.05, 4.69) is 4.98 Å². The zero-order chi connectivity index (χ0) is 8.27. The molecule has 3 heteroatoms. The summed E-state index contributed by atoms with van der Waals surface area (Å²) < 4.78 is 0. The van der Waals surface area contributed by atoms with Crippen molar-refractivity contribution >= 4 is 11.8 Å². The van der Waals surface area contributed by atoms with Crippen LogP contribution in [0.5, 0.6) is 0 Å². The van der Waals surface area contributed by atoms with Gasteiger partial charge in [-0.25, -0.2) is 4.98 Å². The number of thioether (sulfide) groups is 1. The molecule has 0 spiro atoms. The Balaban J connectivity index is 2.91. The lowest BCUT2D eigenvalue weighted by Crippen LogP contribution is -2.04. The summed E-state index contributed by atoms with van der Waals surface area (Å²) in [5.74, 6) is 0. The average Bonchev–Trinajstić information content (AvgIpc) is 2.05. The van der Waals surface area contributed by atoms with Gasteiger partial charge < -0.3 is 5.73 Å². The van der Waals surface area contributed by atoms with E-state index in [0.717, 1.165) is 10.6 Å². The summed E-state index contributed by atoms with van der Waals surface area (Å²) in [4.78, 5) is 4.15. The molecule has 0 aliphatic carbocycles. The maximum atomic E-state index is 5.70. The van der Waals surface area contributed by atoms with Crippen LogP contribution in [0, 0.1) is 0 Å². The van der Waals surface area contributed by atoms with Crippen LogP contribution < -0.4 is 5.73 Å². The minimum Gasteiger partial charge on any atom is -0.324 e. The van der Waals surface area contributed by atoms with Crippen LogP contribution in [0.1, 0.15) is 18.5 Å². The second kappa shape index (κ2) is 3.74. The number of nitrogens with two attached hydrogens (primary N) is 1. The first kappa shape index (κ1) is 8.56. The maximum Gasteiger partial charge on any atom is 0.0960 e. The minimum absolute atomic E-state index is 0.101. The Morgan fingerprint density at radius 3 is 2.91 bits per heavy atom. The van der Waals surface area contributed by atoms with Crippen LogP contribution in [-0.2, 0) is 0 Å². The van der Waals surface area contributed by atoms with E-state index in [1.54, 1.807) is 18.0 Å². The monoisotopic (exact) mass is 168 g/mol. The van der Waals surface area contributed by atoms with Gasteiger partial charge in [0.25, 0.3) is 0 Å². The third kappa shape index (κ3) is 2.20. The van der Waals surface area contributed by atoms with Gasteiger partial charge in [0.2, 0.25) is 0 Å². The normalized spacial score (nSPS) is 13.0. The second-order valence-corrected chi connectivity index (χ2v) is 3.25. The van der Waals surface area contributed by atoms with E-state index >= 15 is 0 Å². The molecular formula is C8H12N2S. The number of pyridine rings is 1. The van der Waals surface area contributed by atoms with E-state index in [-0.39, 0.29) is 6.04 Å². The first-order valence-electron chi connectivity index (χ1n) is 3.49. The van der Waals surface area contributed by atoms with Crippen LogP contribution in [0.3, 0.4) is 0 Å². The molecule has 0 saturated heterocycles. The number of nitrogens with zero attached hydrogens (tertiary/aromatic N) is 1. The molecule has 0 bridgehead atoms. The van der Waals surface area contributed by atoms with Gasteiger partial charge in [-0.2, -0.15) is 0 Å². The fourth-order valence-corrected chi connectivity index (χ4v) is 1.24. The number of rotatable bonds is 2. The molecule has 1 aromatic heterocycles. The van der Waals surface area contributed by atoms with Gasteiger partial charge in [-0.1, -0.05) is 0 Å². The molecule has 0 unspecified atom stereocenters. The van der Waals surface area contributed by atoms with Gasteiger partial charge >= 0.3 is 0 Å². The van der Waals surface area contributed by atoms with Gasteiger partial charge in [-0.3, -0.25) is 0 Å². The minimum atomic E-state index is 0.101. The van der Waals surface area contributed by atoms with Crippen molar-refractivity contribution in [1.29, 1.82) is 0 Å². The van der Waals surface area contributed by atoms with Crippen molar-refractivity contribution in [2.45, 2.75) is 18.0 Å².